The van der Waals surface area contributed by atoms with E-state index >= 15 is 0 Å². The van der Waals surface area contributed by atoms with Gasteiger partial charge in [0.1, 0.15) is 5.82 Å². The van der Waals surface area contributed by atoms with Gasteiger partial charge in [-0.1, -0.05) is 12.8 Å². The predicted molar refractivity (Wildman–Crippen MR) is 96.3 cm³/mol. The summed E-state index contributed by atoms with van der Waals surface area (Å²) in [6.45, 7) is 3.11. The van der Waals surface area contributed by atoms with Gasteiger partial charge in [-0.25, -0.2) is 12.8 Å². The quantitative estimate of drug-likeness (QED) is 0.859. The Kier molecular flexibility index (Phi) is 5.37. The molecule has 2 fully saturated rings. The number of amides is 1. The Labute approximate surface area is 154 Å². The molecule has 1 aromatic carbocycles. The third-order valence-electron chi connectivity index (χ3n) is 5.55. The molecule has 26 heavy (non-hydrogen) atoms. The summed E-state index contributed by atoms with van der Waals surface area (Å²) in [5.74, 6) is -0.637. The van der Waals surface area contributed by atoms with Gasteiger partial charge < -0.3 is 10.6 Å². The van der Waals surface area contributed by atoms with Crippen LogP contribution in [0.3, 0.4) is 0 Å². The summed E-state index contributed by atoms with van der Waals surface area (Å²) in [5, 5.41) is 0. The SMILES string of the molecule is CC1(N)CCCCC1C(=O)N1CCN(S(=O)(=O)c2ccc(F)cc2)CC1. The van der Waals surface area contributed by atoms with E-state index in [2.05, 4.69) is 0 Å². The van der Waals surface area contributed by atoms with E-state index in [1.807, 2.05) is 6.92 Å². The molecule has 1 heterocycles. The van der Waals surface area contributed by atoms with Crippen molar-refractivity contribution in [1.29, 1.82) is 0 Å². The number of carbonyl (C=O) groups is 1. The minimum Gasteiger partial charge on any atom is -0.340 e. The van der Waals surface area contributed by atoms with Crippen LogP contribution in [0.4, 0.5) is 4.39 Å². The van der Waals surface area contributed by atoms with E-state index in [9.17, 15) is 17.6 Å². The molecule has 2 unspecified atom stereocenters. The van der Waals surface area contributed by atoms with E-state index in [4.69, 9.17) is 5.73 Å². The molecule has 144 valence electrons. The lowest BCUT2D eigenvalue weighted by atomic mass is 9.74. The standard InChI is InChI=1S/C18H26FN3O3S/c1-18(20)9-3-2-4-16(18)17(23)21-10-12-22(13-11-21)26(24,25)15-7-5-14(19)6-8-15/h5-8,16H,2-4,9-13,20H2,1H3. The van der Waals surface area contributed by atoms with Crippen LogP contribution in [-0.2, 0) is 14.8 Å². The Morgan fingerprint density at radius 3 is 2.35 bits per heavy atom. The Morgan fingerprint density at radius 2 is 1.77 bits per heavy atom. The molecular formula is C18H26FN3O3S. The molecule has 0 radical (unpaired) electrons. The van der Waals surface area contributed by atoms with Crippen LogP contribution < -0.4 is 5.73 Å². The molecule has 1 saturated heterocycles. The Bertz CT molecular complexity index is 756. The van der Waals surface area contributed by atoms with Gasteiger partial charge in [-0.2, -0.15) is 4.31 Å². The number of nitrogens with zero attached hydrogens (tertiary/aromatic N) is 2. The number of hydrogen-bond donors (Lipinski definition) is 1. The van der Waals surface area contributed by atoms with E-state index in [0.717, 1.165) is 37.8 Å². The summed E-state index contributed by atoms with van der Waals surface area (Å²) in [5.41, 5.74) is 5.84. The highest BCUT2D eigenvalue weighted by molar-refractivity contribution is 7.89. The second kappa shape index (κ2) is 7.25. The fraction of sp³-hybridized carbons (Fsp3) is 0.611. The third-order valence-corrected chi connectivity index (χ3v) is 7.47. The number of rotatable bonds is 3. The summed E-state index contributed by atoms with van der Waals surface area (Å²) in [7, 11) is -3.67. The summed E-state index contributed by atoms with van der Waals surface area (Å²) in [6.07, 6.45) is 3.67. The van der Waals surface area contributed by atoms with Gasteiger partial charge in [0.25, 0.3) is 0 Å². The van der Waals surface area contributed by atoms with E-state index < -0.39 is 21.4 Å². The second-order valence-corrected chi connectivity index (χ2v) is 9.43. The van der Waals surface area contributed by atoms with Gasteiger partial charge in [0.15, 0.2) is 0 Å². The lowest BCUT2D eigenvalue weighted by Crippen LogP contribution is -2.57. The molecule has 8 heteroatoms. The molecule has 1 amide bonds. The van der Waals surface area contributed by atoms with Crippen LogP contribution in [-0.4, -0.2) is 55.2 Å². The molecule has 2 aliphatic rings. The minimum absolute atomic E-state index is 0.0357. The van der Waals surface area contributed by atoms with Crippen molar-refractivity contribution < 1.29 is 17.6 Å². The van der Waals surface area contributed by atoms with Crippen molar-refractivity contribution in [3.8, 4) is 0 Å². The minimum atomic E-state index is -3.67. The molecule has 1 aliphatic carbocycles. The van der Waals surface area contributed by atoms with Gasteiger partial charge in [-0.15, -0.1) is 0 Å². The molecule has 3 rings (SSSR count). The number of benzene rings is 1. The van der Waals surface area contributed by atoms with Gasteiger partial charge in [-0.3, -0.25) is 4.79 Å². The second-order valence-electron chi connectivity index (χ2n) is 7.49. The maximum absolute atomic E-state index is 13.0. The van der Waals surface area contributed by atoms with Crippen molar-refractivity contribution >= 4 is 15.9 Å². The van der Waals surface area contributed by atoms with Crippen LogP contribution in [0, 0.1) is 11.7 Å². The monoisotopic (exact) mass is 383 g/mol. The van der Waals surface area contributed by atoms with Crippen molar-refractivity contribution in [3.63, 3.8) is 0 Å². The third kappa shape index (κ3) is 3.77. The molecule has 1 aromatic rings. The summed E-state index contributed by atoms with van der Waals surface area (Å²) >= 11 is 0. The van der Waals surface area contributed by atoms with Crippen molar-refractivity contribution in [2.45, 2.75) is 43.0 Å². The average molecular weight is 383 g/mol. The van der Waals surface area contributed by atoms with Crippen LogP contribution in [0.5, 0.6) is 0 Å². The summed E-state index contributed by atoms with van der Waals surface area (Å²) < 4.78 is 39.7. The van der Waals surface area contributed by atoms with Crippen LogP contribution in [0.2, 0.25) is 0 Å². The predicted octanol–water partition coefficient (Wildman–Crippen LogP) is 1.57. The highest BCUT2D eigenvalue weighted by Crippen LogP contribution is 2.33. The zero-order chi connectivity index (χ0) is 18.9. The largest absolute Gasteiger partial charge is 0.340 e. The van der Waals surface area contributed by atoms with Gasteiger partial charge in [0.05, 0.1) is 10.8 Å². The van der Waals surface area contributed by atoms with Gasteiger partial charge in [0.2, 0.25) is 15.9 Å². The number of carbonyl (C=O) groups excluding carboxylic acids is 1. The summed E-state index contributed by atoms with van der Waals surface area (Å²) in [4.78, 5) is 14.7. The van der Waals surface area contributed by atoms with Crippen molar-refractivity contribution in [2.75, 3.05) is 26.2 Å². The molecule has 1 saturated carbocycles. The van der Waals surface area contributed by atoms with Crippen molar-refractivity contribution in [3.05, 3.63) is 30.1 Å². The average Bonchev–Trinajstić information content (AvgIpc) is 2.61. The summed E-state index contributed by atoms with van der Waals surface area (Å²) in [6, 6.07) is 4.81. The smallest absolute Gasteiger partial charge is 0.243 e. The fourth-order valence-electron chi connectivity index (χ4n) is 3.89. The zero-order valence-electron chi connectivity index (χ0n) is 15.0. The fourth-order valence-corrected chi connectivity index (χ4v) is 5.31. The maximum atomic E-state index is 13.0. The number of sulfonamides is 1. The van der Waals surface area contributed by atoms with E-state index in [-0.39, 0.29) is 29.8 Å². The molecule has 0 aromatic heterocycles. The highest BCUT2D eigenvalue weighted by atomic mass is 32.2. The maximum Gasteiger partial charge on any atom is 0.243 e. The Balaban J connectivity index is 1.65. The lowest BCUT2D eigenvalue weighted by molar-refractivity contribution is -0.140. The molecule has 0 bridgehead atoms. The first-order chi connectivity index (χ1) is 12.2. The van der Waals surface area contributed by atoms with E-state index in [0.29, 0.717) is 13.1 Å². The van der Waals surface area contributed by atoms with Crippen LogP contribution in [0.1, 0.15) is 32.6 Å². The van der Waals surface area contributed by atoms with Gasteiger partial charge in [-0.05, 0) is 44.0 Å². The number of nitrogens with two attached hydrogens (primary N) is 1. The zero-order valence-corrected chi connectivity index (χ0v) is 15.8. The van der Waals surface area contributed by atoms with Crippen LogP contribution in [0.25, 0.3) is 0 Å². The molecule has 2 N–H and O–H groups in total. The Hall–Kier alpha value is -1.51. The first-order valence-corrected chi connectivity index (χ1v) is 10.5. The molecule has 0 spiro atoms. The van der Waals surface area contributed by atoms with E-state index in [1.54, 1.807) is 4.90 Å². The molecule has 2 atom stereocenters. The first-order valence-electron chi connectivity index (χ1n) is 9.05. The molecule has 1 aliphatic heterocycles. The van der Waals surface area contributed by atoms with E-state index in [1.165, 1.54) is 16.4 Å². The van der Waals surface area contributed by atoms with Crippen molar-refractivity contribution in [2.24, 2.45) is 11.7 Å². The molecule has 6 nitrogen and oxygen atoms in total. The van der Waals surface area contributed by atoms with Crippen LogP contribution >= 0.6 is 0 Å². The van der Waals surface area contributed by atoms with Crippen LogP contribution in [0.15, 0.2) is 29.2 Å². The number of piperazine rings is 1. The van der Waals surface area contributed by atoms with Gasteiger partial charge in [0, 0.05) is 31.7 Å². The topological polar surface area (TPSA) is 83.7 Å². The lowest BCUT2D eigenvalue weighted by Gasteiger charge is -2.42. The van der Waals surface area contributed by atoms with Crippen molar-refractivity contribution in [1.82, 2.24) is 9.21 Å². The van der Waals surface area contributed by atoms with Gasteiger partial charge >= 0.3 is 0 Å². The normalized spacial score (nSPS) is 28.1. The highest BCUT2D eigenvalue weighted by Gasteiger charge is 2.41. The number of hydrogen-bond acceptors (Lipinski definition) is 4. The Morgan fingerprint density at radius 1 is 1.15 bits per heavy atom. The first kappa shape index (κ1) is 19.3. The number of halogens is 1. The molecular weight excluding hydrogens is 357 g/mol.